The Balaban J connectivity index is 2.20. The molecule has 0 aliphatic carbocycles. The van der Waals surface area contributed by atoms with E-state index in [-0.39, 0.29) is 17.0 Å². The van der Waals surface area contributed by atoms with Crippen molar-refractivity contribution >= 4 is 23.3 Å². The van der Waals surface area contributed by atoms with Crippen LogP contribution in [0, 0.1) is 0 Å². The average Bonchev–Trinajstić information content (AvgIpc) is 2.95. The molecule has 7 heteroatoms. The summed E-state index contributed by atoms with van der Waals surface area (Å²) in [5, 5.41) is 4.57. The van der Waals surface area contributed by atoms with E-state index in [0.717, 1.165) is 11.1 Å². The molecule has 124 valence electrons. The molecule has 0 bridgehead atoms. The maximum atomic E-state index is 11.4. The number of hydrogen-bond donors (Lipinski definition) is 1. The molecule has 0 spiro atoms. The normalized spacial score (nSPS) is 11.2. The molecule has 0 saturated heterocycles. The summed E-state index contributed by atoms with van der Waals surface area (Å²) in [5.41, 5.74) is 8.27. The third-order valence-corrected chi connectivity index (χ3v) is 4.03. The molecular formula is C17H17ClN4O2. The summed E-state index contributed by atoms with van der Waals surface area (Å²) in [5.74, 6) is 0.403. The van der Waals surface area contributed by atoms with Crippen LogP contribution in [0.2, 0.25) is 5.15 Å². The number of carbonyl (C=O) groups excluding carboxylic acids is 1. The van der Waals surface area contributed by atoms with E-state index >= 15 is 0 Å². The number of nitrogens with zero attached hydrogens (tertiary/aromatic N) is 3. The molecule has 0 fully saturated rings. The van der Waals surface area contributed by atoms with E-state index in [4.69, 9.17) is 22.1 Å². The van der Waals surface area contributed by atoms with E-state index in [1.54, 1.807) is 6.20 Å². The van der Waals surface area contributed by atoms with E-state index in [0.29, 0.717) is 17.6 Å². The van der Waals surface area contributed by atoms with Gasteiger partial charge in [-0.25, -0.2) is 9.78 Å². The highest BCUT2D eigenvalue weighted by Crippen LogP contribution is 2.31. The molecule has 0 saturated carbocycles. The van der Waals surface area contributed by atoms with Gasteiger partial charge in [-0.2, -0.15) is 9.61 Å². The van der Waals surface area contributed by atoms with Gasteiger partial charge in [-0.3, -0.25) is 0 Å². The van der Waals surface area contributed by atoms with Gasteiger partial charge < -0.3 is 10.5 Å². The Bertz CT molecular complexity index is 890. The van der Waals surface area contributed by atoms with Gasteiger partial charge >= 0.3 is 6.09 Å². The number of nitrogens with two attached hydrogens (primary N) is 1. The number of primary amides is 1. The maximum absolute atomic E-state index is 11.4. The van der Waals surface area contributed by atoms with Crippen LogP contribution >= 0.6 is 11.6 Å². The van der Waals surface area contributed by atoms with Crippen LogP contribution in [0.3, 0.4) is 0 Å². The van der Waals surface area contributed by atoms with Crippen molar-refractivity contribution in [2.75, 3.05) is 0 Å². The Morgan fingerprint density at radius 3 is 2.67 bits per heavy atom. The summed E-state index contributed by atoms with van der Waals surface area (Å²) >= 11 is 6.39. The van der Waals surface area contributed by atoms with Crippen LogP contribution < -0.4 is 10.5 Å². The number of ether oxygens (including phenoxy) is 1. The van der Waals surface area contributed by atoms with Gasteiger partial charge in [0.15, 0.2) is 5.65 Å². The molecule has 6 nitrogen and oxygen atoms in total. The van der Waals surface area contributed by atoms with E-state index < -0.39 is 6.09 Å². The van der Waals surface area contributed by atoms with Gasteiger partial charge in [0.2, 0.25) is 5.88 Å². The number of hydrogen-bond acceptors (Lipinski definition) is 4. The van der Waals surface area contributed by atoms with Crippen molar-refractivity contribution < 1.29 is 9.53 Å². The lowest BCUT2D eigenvalue weighted by molar-refractivity contribution is 0.207. The SMILES string of the molecule is CC(C)c1cnn2c(OC(N)=O)c(Cc3ccccc3)c(Cl)nc12. The summed E-state index contributed by atoms with van der Waals surface area (Å²) in [6, 6.07) is 9.69. The fourth-order valence-electron chi connectivity index (χ4n) is 2.55. The first-order valence-electron chi connectivity index (χ1n) is 7.54. The lowest BCUT2D eigenvalue weighted by Gasteiger charge is -2.13. The number of fused-ring (bicyclic) bond motifs is 1. The Morgan fingerprint density at radius 1 is 1.33 bits per heavy atom. The Morgan fingerprint density at radius 2 is 2.04 bits per heavy atom. The predicted octanol–water partition coefficient (Wildman–Crippen LogP) is 3.55. The number of benzene rings is 1. The van der Waals surface area contributed by atoms with Crippen LogP contribution in [-0.2, 0) is 6.42 Å². The molecule has 3 aromatic rings. The number of aromatic nitrogens is 3. The first-order chi connectivity index (χ1) is 11.5. The lowest BCUT2D eigenvalue weighted by Crippen LogP contribution is -2.20. The highest BCUT2D eigenvalue weighted by Gasteiger charge is 2.21. The summed E-state index contributed by atoms with van der Waals surface area (Å²) < 4.78 is 6.70. The standard InChI is InChI=1S/C17H17ClN4O2/c1-10(2)13-9-20-22-15(13)21-14(18)12(16(22)24-17(19)23)8-11-6-4-3-5-7-11/h3-7,9-10H,8H2,1-2H3,(H2,19,23). The van der Waals surface area contributed by atoms with Gasteiger partial charge in [-0.15, -0.1) is 0 Å². The average molecular weight is 345 g/mol. The van der Waals surface area contributed by atoms with E-state index in [2.05, 4.69) is 10.1 Å². The van der Waals surface area contributed by atoms with E-state index in [1.807, 2.05) is 44.2 Å². The topological polar surface area (TPSA) is 82.5 Å². The van der Waals surface area contributed by atoms with Crippen molar-refractivity contribution in [2.24, 2.45) is 5.73 Å². The summed E-state index contributed by atoms with van der Waals surface area (Å²) in [4.78, 5) is 15.8. The molecule has 0 aliphatic heterocycles. The highest BCUT2D eigenvalue weighted by molar-refractivity contribution is 6.30. The predicted molar refractivity (Wildman–Crippen MR) is 91.5 cm³/mol. The second kappa shape index (κ2) is 6.49. The molecule has 0 radical (unpaired) electrons. The zero-order valence-corrected chi connectivity index (χ0v) is 14.1. The fourth-order valence-corrected chi connectivity index (χ4v) is 2.78. The van der Waals surface area contributed by atoms with Gasteiger partial charge in [0.1, 0.15) is 5.15 Å². The molecule has 1 aromatic carbocycles. The first kappa shape index (κ1) is 16.3. The Labute approximate surface area is 144 Å². The number of rotatable bonds is 4. The van der Waals surface area contributed by atoms with Crippen LogP contribution in [0.25, 0.3) is 5.65 Å². The molecule has 2 aromatic heterocycles. The molecular weight excluding hydrogens is 328 g/mol. The number of halogens is 1. The summed E-state index contributed by atoms with van der Waals surface area (Å²) in [6.45, 7) is 4.05. The van der Waals surface area contributed by atoms with E-state index in [9.17, 15) is 4.79 Å². The van der Waals surface area contributed by atoms with Crippen molar-refractivity contribution in [3.05, 3.63) is 58.4 Å². The third kappa shape index (κ3) is 3.05. The number of amides is 1. The zero-order chi connectivity index (χ0) is 17.3. The molecule has 0 atom stereocenters. The maximum Gasteiger partial charge on any atom is 0.411 e. The first-order valence-corrected chi connectivity index (χ1v) is 7.92. The Hall–Kier alpha value is -2.60. The molecule has 0 aliphatic rings. The van der Waals surface area contributed by atoms with Gasteiger partial charge in [0, 0.05) is 12.0 Å². The minimum atomic E-state index is -0.922. The summed E-state index contributed by atoms with van der Waals surface area (Å²) in [7, 11) is 0. The van der Waals surface area contributed by atoms with Crippen molar-refractivity contribution in [2.45, 2.75) is 26.2 Å². The Kier molecular flexibility index (Phi) is 4.40. The molecule has 3 rings (SSSR count). The van der Waals surface area contributed by atoms with Crippen LogP contribution in [0.4, 0.5) is 4.79 Å². The van der Waals surface area contributed by atoms with Gasteiger partial charge in [-0.05, 0) is 11.5 Å². The summed E-state index contributed by atoms with van der Waals surface area (Å²) in [6.07, 6.45) is 1.22. The smallest absolute Gasteiger partial charge is 0.391 e. The van der Waals surface area contributed by atoms with E-state index in [1.165, 1.54) is 4.52 Å². The molecule has 2 N–H and O–H groups in total. The number of carbonyl (C=O) groups is 1. The van der Waals surface area contributed by atoms with Gasteiger partial charge in [0.25, 0.3) is 0 Å². The van der Waals surface area contributed by atoms with Crippen LogP contribution in [0.1, 0.15) is 36.5 Å². The van der Waals surface area contributed by atoms with Crippen molar-refractivity contribution in [3.8, 4) is 5.88 Å². The van der Waals surface area contributed by atoms with Gasteiger partial charge in [0.05, 0.1) is 11.8 Å². The van der Waals surface area contributed by atoms with Crippen LogP contribution in [0.5, 0.6) is 5.88 Å². The molecule has 1 amide bonds. The lowest BCUT2D eigenvalue weighted by atomic mass is 10.1. The van der Waals surface area contributed by atoms with Crippen molar-refractivity contribution in [1.82, 2.24) is 14.6 Å². The molecule has 0 unspecified atom stereocenters. The quantitative estimate of drug-likeness (QED) is 0.733. The molecule has 24 heavy (non-hydrogen) atoms. The minimum Gasteiger partial charge on any atom is -0.391 e. The van der Waals surface area contributed by atoms with Crippen LogP contribution in [-0.4, -0.2) is 20.7 Å². The minimum absolute atomic E-state index is 0.201. The second-order valence-corrected chi connectivity index (χ2v) is 6.12. The van der Waals surface area contributed by atoms with Gasteiger partial charge in [-0.1, -0.05) is 55.8 Å². The van der Waals surface area contributed by atoms with Crippen molar-refractivity contribution in [1.29, 1.82) is 0 Å². The monoisotopic (exact) mass is 344 g/mol. The largest absolute Gasteiger partial charge is 0.411 e. The zero-order valence-electron chi connectivity index (χ0n) is 13.4. The highest BCUT2D eigenvalue weighted by atomic mass is 35.5. The molecule has 2 heterocycles. The second-order valence-electron chi connectivity index (χ2n) is 5.76. The fraction of sp³-hybridized carbons (Fsp3) is 0.235. The van der Waals surface area contributed by atoms with Crippen molar-refractivity contribution in [3.63, 3.8) is 0 Å². The third-order valence-electron chi connectivity index (χ3n) is 3.72. The van der Waals surface area contributed by atoms with Crippen LogP contribution in [0.15, 0.2) is 36.5 Å².